The second kappa shape index (κ2) is 8.09. The Labute approximate surface area is 147 Å². The summed E-state index contributed by atoms with van der Waals surface area (Å²) in [6.07, 6.45) is 0. The van der Waals surface area contributed by atoms with Gasteiger partial charge in [0.2, 0.25) is 11.8 Å². The number of nitrogens with zero attached hydrogens (tertiary/aromatic N) is 2. The molecule has 0 bridgehead atoms. The maximum Gasteiger partial charge on any atom is 0.238 e. The van der Waals surface area contributed by atoms with Crippen molar-refractivity contribution in [2.24, 2.45) is 0 Å². The number of morpholine rings is 1. The van der Waals surface area contributed by atoms with Crippen LogP contribution in [0.2, 0.25) is 0 Å². The molecule has 6 nitrogen and oxygen atoms in total. The minimum Gasteiger partial charge on any atom is -0.378 e. The average molecular weight is 341 g/mol. The fourth-order valence-corrected chi connectivity index (χ4v) is 2.91. The fourth-order valence-electron chi connectivity index (χ4n) is 2.91. The number of benzene rings is 2. The van der Waals surface area contributed by atoms with E-state index >= 15 is 0 Å². The predicted molar refractivity (Wildman–Crippen MR) is 97.5 cm³/mol. The van der Waals surface area contributed by atoms with Gasteiger partial charge in [-0.2, -0.15) is 0 Å². The summed E-state index contributed by atoms with van der Waals surface area (Å²) in [7, 11) is 1.78. The zero-order valence-electron chi connectivity index (χ0n) is 14.4. The number of carbonyl (C=O) groups is 2. The van der Waals surface area contributed by atoms with Gasteiger partial charge in [-0.25, -0.2) is 0 Å². The molecule has 0 spiro atoms. The van der Waals surface area contributed by atoms with Crippen molar-refractivity contribution in [2.75, 3.05) is 51.8 Å². The van der Waals surface area contributed by atoms with Crippen LogP contribution in [0.25, 0.3) is 10.8 Å². The summed E-state index contributed by atoms with van der Waals surface area (Å²) >= 11 is 0. The van der Waals surface area contributed by atoms with Gasteiger partial charge in [-0.15, -0.1) is 0 Å². The van der Waals surface area contributed by atoms with Crippen LogP contribution in [0.3, 0.4) is 0 Å². The maximum absolute atomic E-state index is 12.2. The lowest BCUT2D eigenvalue weighted by molar-refractivity contribution is -0.136. The van der Waals surface area contributed by atoms with E-state index in [0.29, 0.717) is 26.3 Å². The van der Waals surface area contributed by atoms with Gasteiger partial charge < -0.3 is 15.0 Å². The van der Waals surface area contributed by atoms with E-state index in [0.717, 1.165) is 16.5 Å². The first kappa shape index (κ1) is 17.4. The molecule has 0 radical (unpaired) electrons. The number of amides is 2. The quantitative estimate of drug-likeness (QED) is 0.897. The molecule has 0 atom stereocenters. The molecule has 132 valence electrons. The number of hydrogen-bond donors (Lipinski definition) is 1. The standard InChI is InChI=1S/C19H23N3O3/c1-21(14-19(24)22-8-10-25-11-9-22)13-18(23)20-17-7-6-15-4-2-3-5-16(15)12-17/h2-7,12H,8-11,13-14H2,1H3,(H,20,23). The van der Waals surface area contributed by atoms with Gasteiger partial charge in [-0.3, -0.25) is 14.5 Å². The van der Waals surface area contributed by atoms with Gasteiger partial charge in [0.05, 0.1) is 26.3 Å². The topological polar surface area (TPSA) is 61.9 Å². The van der Waals surface area contributed by atoms with Gasteiger partial charge >= 0.3 is 0 Å². The van der Waals surface area contributed by atoms with E-state index in [9.17, 15) is 9.59 Å². The number of ether oxygens (including phenoxy) is 1. The van der Waals surface area contributed by atoms with E-state index in [1.54, 1.807) is 16.8 Å². The monoisotopic (exact) mass is 341 g/mol. The van der Waals surface area contributed by atoms with Crippen LogP contribution in [0.15, 0.2) is 42.5 Å². The van der Waals surface area contributed by atoms with Crippen molar-refractivity contribution in [3.05, 3.63) is 42.5 Å². The van der Waals surface area contributed by atoms with E-state index in [1.165, 1.54) is 0 Å². The number of rotatable bonds is 5. The second-order valence-corrected chi connectivity index (χ2v) is 6.28. The van der Waals surface area contributed by atoms with Crippen LogP contribution in [-0.2, 0) is 14.3 Å². The molecule has 0 saturated carbocycles. The first-order valence-electron chi connectivity index (χ1n) is 8.44. The highest BCUT2D eigenvalue weighted by molar-refractivity contribution is 5.95. The normalized spacial score (nSPS) is 14.7. The largest absolute Gasteiger partial charge is 0.378 e. The zero-order valence-corrected chi connectivity index (χ0v) is 14.4. The Morgan fingerprint density at radius 1 is 1.08 bits per heavy atom. The van der Waals surface area contributed by atoms with Crippen molar-refractivity contribution in [3.8, 4) is 0 Å². The third kappa shape index (κ3) is 4.78. The van der Waals surface area contributed by atoms with Gasteiger partial charge in [0.1, 0.15) is 0 Å². The molecule has 2 aromatic carbocycles. The Kier molecular flexibility index (Phi) is 5.63. The van der Waals surface area contributed by atoms with Crippen molar-refractivity contribution in [2.45, 2.75) is 0 Å². The van der Waals surface area contributed by atoms with Crippen molar-refractivity contribution < 1.29 is 14.3 Å². The van der Waals surface area contributed by atoms with Crippen LogP contribution in [-0.4, -0.2) is 68.1 Å². The van der Waals surface area contributed by atoms with Gasteiger partial charge in [0.15, 0.2) is 0 Å². The Morgan fingerprint density at radius 3 is 2.56 bits per heavy atom. The first-order valence-corrected chi connectivity index (χ1v) is 8.44. The van der Waals surface area contributed by atoms with Crippen molar-refractivity contribution in [3.63, 3.8) is 0 Å². The Hall–Kier alpha value is -2.44. The molecule has 1 fully saturated rings. The third-order valence-electron chi connectivity index (χ3n) is 4.22. The van der Waals surface area contributed by atoms with E-state index in [1.807, 2.05) is 42.5 Å². The van der Waals surface area contributed by atoms with Crippen molar-refractivity contribution >= 4 is 28.3 Å². The molecule has 1 heterocycles. The number of anilines is 1. The molecule has 0 unspecified atom stereocenters. The highest BCUT2D eigenvalue weighted by Gasteiger charge is 2.19. The summed E-state index contributed by atoms with van der Waals surface area (Å²) < 4.78 is 5.24. The number of likely N-dealkylation sites (N-methyl/N-ethyl adjacent to an activating group) is 1. The molecule has 1 aliphatic rings. The van der Waals surface area contributed by atoms with Gasteiger partial charge in [0.25, 0.3) is 0 Å². The molecule has 1 saturated heterocycles. The van der Waals surface area contributed by atoms with Crippen LogP contribution in [0.1, 0.15) is 0 Å². The molecule has 2 amide bonds. The van der Waals surface area contributed by atoms with Crippen LogP contribution in [0, 0.1) is 0 Å². The number of fused-ring (bicyclic) bond motifs is 1. The maximum atomic E-state index is 12.2. The predicted octanol–water partition coefficient (Wildman–Crippen LogP) is 1.57. The smallest absolute Gasteiger partial charge is 0.238 e. The SMILES string of the molecule is CN(CC(=O)Nc1ccc2ccccc2c1)CC(=O)N1CCOCC1. The third-order valence-corrected chi connectivity index (χ3v) is 4.22. The molecular weight excluding hydrogens is 318 g/mol. The summed E-state index contributed by atoms with van der Waals surface area (Å²) in [6.45, 7) is 2.80. The molecule has 2 aromatic rings. The summed E-state index contributed by atoms with van der Waals surface area (Å²) in [5.41, 5.74) is 0.761. The zero-order chi connectivity index (χ0) is 17.6. The van der Waals surface area contributed by atoms with E-state index in [4.69, 9.17) is 4.74 Å². The molecule has 0 aromatic heterocycles. The van der Waals surface area contributed by atoms with Crippen LogP contribution < -0.4 is 5.32 Å². The lowest BCUT2D eigenvalue weighted by Gasteiger charge is -2.28. The summed E-state index contributed by atoms with van der Waals surface area (Å²) in [5, 5.41) is 5.11. The van der Waals surface area contributed by atoms with E-state index < -0.39 is 0 Å². The summed E-state index contributed by atoms with van der Waals surface area (Å²) in [6, 6.07) is 13.8. The molecule has 1 N–H and O–H groups in total. The number of hydrogen-bond acceptors (Lipinski definition) is 4. The van der Waals surface area contributed by atoms with Crippen molar-refractivity contribution in [1.29, 1.82) is 0 Å². The lowest BCUT2D eigenvalue weighted by Crippen LogP contribution is -2.46. The Morgan fingerprint density at radius 2 is 1.80 bits per heavy atom. The van der Waals surface area contributed by atoms with Gasteiger partial charge in [-0.1, -0.05) is 30.3 Å². The van der Waals surface area contributed by atoms with E-state index in [-0.39, 0.29) is 24.9 Å². The molecule has 1 aliphatic heterocycles. The van der Waals surface area contributed by atoms with Crippen LogP contribution in [0.5, 0.6) is 0 Å². The van der Waals surface area contributed by atoms with Gasteiger partial charge in [0, 0.05) is 18.8 Å². The second-order valence-electron chi connectivity index (χ2n) is 6.28. The Balaban J connectivity index is 1.51. The van der Waals surface area contributed by atoms with Crippen molar-refractivity contribution in [1.82, 2.24) is 9.80 Å². The molecule has 3 rings (SSSR count). The van der Waals surface area contributed by atoms with Gasteiger partial charge in [-0.05, 0) is 30.0 Å². The average Bonchev–Trinajstić information content (AvgIpc) is 2.62. The number of carbonyl (C=O) groups excluding carboxylic acids is 2. The highest BCUT2D eigenvalue weighted by Crippen LogP contribution is 2.18. The van der Waals surface area contributed by atoms with Crippen LogP contribution in [0.4, 0.5) is 5.69 Å². The van der Waals surface area contributed by atoms with Crippen LogP contribution >= 0.6 is 0 Å². The highest BCUT2D eigenvalue weighted by atomic mass is 16.5. The fraction of sp³-hybridized carbons (Fsp3) is 0.368. The minimum absolute atomic E-state index is 0.0318. The molecule has 6 heteroatoms. The summed E-state index contributed by atoms with van der Waals surface area (Å²) in [4.78, 5) is 27.9. The lowest BCUT2D eigenvalue weighted by atomic mass is 10.1. The van der Waals surface area contributed by atoms with E-state index in [2.05, 4.69) is 5.32 Å². The molecule has 25 heavy (non-hydrogen) atoms. The minimum atomic E-state index is -0.132. The molecular formula is C19H23N3O3. The number of nitrogens with one attached hydrogen (secondary N) is 1. The summed E-state index contributed by atoms with van der Waals surface area (Å²) in [5.74, 6) is -0.100. The first-order chi connectivity index (χ1) is 12.1. The molecule has 0 aliphatic carbocycles. The Bertz CT molecular complexity index is 756.